The summed E-state index contributed by atoms with van der Waals surface area (Å²) in [5.74, 6) is 1.61. The average Bonchev–Trinajstić information content (AvgIpc) is 3.40. The molecule has 5 aliphatic rings. The van der Waals surface area contributed by atoms with Crippen molar-refractivity contribution in [2.24, 2.45) is 0 Å². The number of halogens is 7. The first-order chi connectivity index (χ1) is 35.5. The van der Waals surface area contributed by atoms with E-state index in [1.807, 2.05) is 9.80 Å². The van der Waals surface area contributed by atoms with Crippen molar-refractivity contribution in [3.05, 3.63) is 98.8 Å². The summed E-state index contributed by atoms with van der Waals surface area (Å²) in [5, 5.41) is 6.44. The summed E-state index contributed by atoms with van der Waals surface area (Å²) in [5.41, 5.74) is 0.802. The lowest BCUT2D eigenvalue weighted by atomic mass is 10.2. The first kappa shape index (κ1) is 57.4. The number of carbonyl (C=O) groups excluding carboxylic acids is 5. The van der Waals surface area contributed by atoms with Crippen molar-refractivity contribution in [1.82, 2.24) is 24.8 Å². The number of nitrogens with zero attached hydrogens (tertiary/aromatic N) is 8. The largest absolute Gasteiger partial charge is 0.495 e. The average molecular weight is 1140 g/mol. The topological polar surface area (TPSA) is 210 Å². The van der Waals surface area contributed by atoms with Gasteiger partial charge in [-0.1, -0.05) is 53.8 Å². The number of alkyl halides is 1. The Balaban J connectivity index is 0.000000177. The smallest absolute Gasteiger partial charge is 0.266 e. The summed E-state index contributed by atoms with van der Waals surface area (Å²) < 4.78 is 54.1. The molecule has 3 aromatic heterocycles. The fourth-order valence-electron chi connectivity index (χ4n) is 7.62. The molecule has 0 radical (unpaired) electrons. The number of fused-ring (bicyclic) bond motifs is 3. The molecule has 0 spiro atoms. The summed E-state index contributed by atoms with van der Waals surface area (Å²) in [6, 6.07) is 12.3. The Labute approximate surface area is 454 Å². The minimum absolute atomic E-state index is 0. The number of aromatic nitrogens is 3. The zero-order chi connectivity index (χ0) is 53.1. The van der Waals surface area contributed by atoms with Crippen molar-refractivity contribution < 1.29 is 56.4 Å². The van der Waals surface area contributed by atoms with Crippen LogP contribution in [0.1, 0.15) is 7.43 Å². The molecular weight excluding hydrogens is 1090 g/mol. The van der Waals surface area contributed by atoms with Gasteiger partial charge in [-0.05, 0) is 24.3 Å². The fraction of sp³-hybridized carbons (Fsp3) is 0.333. The van der Waals surface area contributed by atoms with Crippen molar-refractivity contribution in [1.29, 1.82) is 0 Å². The number of pyridine rings is 3. The number of piperazine rings is 2. The second kappa shape index (κ2) is 26.6. The number of anilines is 5. The maximum atomic E-state index is 14.4. The van der Waals surface area contributed by atoms with Gasteiger partial charge in [0.2, 0.25) is 11.8 Å². The third-order valence-electron chi connectivity index (χ3n) is 11.3. The normalized spacial score (nSPS) is 15.3. The zero-order valence-corrected chi connectivity index (χ0v) is 43.1. The van der Waals surface area contributed by atoms with Crippen LogP contribution < -0.4 is 49.0 Å². The van der Waals surface area contributed by atoms with Gasteiger partial charge >= 0.3 is 0 Å². The summed E-state index contributed by atoms with van der Waals surface area (Å²) in [7, 11) is 2.95. The van der Waals surface area contributed by atoms with Crippen LogP contribution in [0.2, 0.25) is 20.1 Å². The van der Waals surface area contributed by atoms with Gasteiger partial charge in [0.05, 0.1) is 45.7 Å². The van der Waals surface area contributed by atoms with E-state index in [0.29, 0.717) is 114 Å². The lowest BCUT2D eigenvalue weighted by Crippen LogP contribution is -2.53. The van der Waals surface area contributed by atoms with E-state index < -0.39 is 11.6 Å². The monoisotopic (exact) mass is 1140 g/mol. The van der Waals surface area contributed by atoms with Crippen molar-refractivity contribution in [3.63, 3.8) is 0 Å². The van der Waals surface area contributed by atoms with Crippen LogP contribution in [-0.2, 0) is 24.0 Å². The van der Waals surface area contributed by atoms with E-state index >= 15 is 0 Å². The SMILES string of the molecule is C.COc1cc(N2CCN(C(=O)CCl)CC2)c(F)cc1Cl.COc1cc(N2CCN(C(=O)CN3C(=O)COc4cc(Cl)cnc43)CC2)c(F)cc1Cl.O=C1COc2cc(Cl)cnc2N1.O=C1COc2cccnc2N1. The van der Waals surface area contributed by atoms with Crippen LogP contribution in [0, 0.1) is 11.6 Å². The molecule has 10 rings (SSSR count). The molecule has 27 heteroatoms. The summed E-state index contributed by atoms with van der Waals surface area (Å²) in [6.45, 7) is 3.50. The number of amides is 5. The van der Waals surface area contributed by atoms with Gasteiger partial charge in [0.15, 0.2) is 54.5 Å². The molecule has 0 aliphatic carbocycles. The van der Waals surface area contributed by atoms with Gasteiger partial charge in [-0.15, -0.1) is 11.6 Å². The van der Waals surface area contributed by atoms with E-state index in [2.05, 4.69) is 25.6 Å². The predicted molar refractivity (Wildman–Crippen MR) is 280 cm³/mol. The number of nitrogens with one attached hydrogen (secondary N) is 2. The van der Waals surface area contributed by atoms with Crippen LogP contribution >= 0.6 is 58.0 Å². The van der Waals surface area contributed by atoms with E-state index in [1.54, 1.807) is 52.4 Å². The van der Waals surface area contributed by atoms with Gasteiger partial charge in [0, 0.05) is 95.2 Å². The van der Waals surface area contributed by atoms with Gasteiger partial charge in [0.25, 0.3) is 17.7 Å². The molecular formula is C48H49Cl5F2N10O10. The Kier molecular flexibility index (Phi) is 20.3. The van der Waals surface area contributed by atoms with Gasteiger partial charge in [-0.25, -0.2) is 23.7 Å². The summed E-state index contributed by atoms with van der Waals surface area (Å²) in [6.07, 6.45) is 4.46. The van der Waals surface area contributed by atoms with Crippen LogP contribution in [-0.4, -0.2) is 153 Å². The van der Waals surface area contributed by atoms with Crippen molar-refractivity contribution in [2.75, 3.05) is 124 Å². The molecule has 5 aliphatic heterocycles. The summed E-state index contributed by atoms with van der Waals surface area (Å²) in [4.78, 5) is 78.4. The van der Waals surface area contributed by atoms with Crippen LogP contribution in [0.15, 0.2) is 67.1 Å². The van der Waals surface area contributed by atoms with E-state index in [1.165, 1.54) is 43.6 Å². The minimum Gasteiger partial charge on any atom is -0.495 e. The molecule has 75 heavy (non-hydrogen) atoms. The maximum Gasteiger partial charge on any atom is 0.266 e. The number of hydrogen-bond acceptors (Lipinski definition) is 15. The Morgan fingerprint density at radius 1 is 0.640 bits per heavy atom. The van der Waals surface area contributed by atoms with Gasteiger partial charge < -0.3 is 53.9 Å². The fourth-order valence-corrected chi connectivity index (χ4v) is 8.54. The Bertz CT molecular complexity index is 2900. The molecule has 5 amide bonds. The van der Waals surface area contributed by atoms with E-state index in [9.17, 15) is 32.8 Å². The number of benzene rings is 2. The molecule has 0 bridgehead atoms. The highest BCUT2D eigenvalue weighted by Crippen LogP contribution is 2.36. The molecule has 0 atom stereocenters. The number of rotatable bonds is 7. The number of hydrogen-bond donors (Lipinski definition) is 2. The molecule has 8 heterocycles. The number of carbonyl (C=O) groups is 5. The first-order valence-corrected chi connectivity index (χ1v) is 24.3. The Morgan fingerprint density at radius 3 is 1.65 bits per heavy atom. The third-order valence-corrected chi connectivity index (χ3v) is 12.6. The van der Waals surface area contributed by atoms with Gasteiger partial charge in [-0.2, -0.15) is 0 Å². The third kappa shape index (κ3) is 14.7. The lowest BCUT2D eigenvalue weighted by molar-refractivity contribution is -0.132. The molecule has 20 nitrogen and oxygen atoms in total. The molecule has 2 saturated heterocycles. The van der Waals surface area contributed by atoms with Crippen LogP contribution in [0.4, 0.5) is 37.6 Å². The highest BCUT2D eigenvalue weighted by molar-refractivity contribution is 6.32. The van der Waals surface area contributed by atoms with Crippen molar-refractivity contribution in [2.45, 2.75) is 7.43 Å². The molecule has 0 saturated carbocycles. The van der Waals surface area contributed by atoms with Crippen molar-refractivity contribution in [3.8, 4) is 28.7 Å². The molecule has 2 aromatic carbocycles. The van der Waals surface area contributed by atoms with Gasteiger partial charge in [-0.3, -0.25) is 28.9 Å². The highest BCUT2D eigenvalue weighted by Gasteiger charge is 2.32. The molecule has 0 unspecified atom stereocenters. The molecule has 2 N–H and O–H groups in total. The standard InChI is InChI=1S/C20H19Cl2FN4O4.C13H15Cl2FN2O2.C7H5ClN2O2.C7H6N2O2.CH4/c1-30-16-8-15(14(23)7-13(16)22)25-2-4-26(5-3-25)18(28)10-27-19(29)11-31-17-6-12(21)9-24-20(17)27;1-20-12-7-11(10(16)6-9(12)15)17-2-4-18(5-3-17)13(19)8-14;8-4-1-5-7(9-2-4)10-6(11)3-12-5;10-6-4-11-5-2-1-3-8-7(5)9-6;/h6-9H,2-5,10-11H2,1H3;6-7H,2-5,8H2,1H3;1-2H,3H2,(H,9,10,11);1-3H,4H2,(H,8,9,10);1H4. The first-order valence-electron chi connectivity index (χ1n) is 22.3. The van der Waals surface area contributed by atoms with Crippen LogP contribution in [0.25, 0.3) is 0 Å². The minimum atomic E-state index is -0.453. The molecule has 2 fully saturated rings. The Hall–Kier alpha value is -6.85. The number of methoxy groups -OCH3 is 2. The van der Waals surface area contributed by atoms with Crippen LogP contribution in [0.3, 0.4) is 0 Å². The van der Waals surface area contributed by atoms with Gasteiger partial charge in [0.1, 0.15) is 35.6 Å². The molecule has 5 aromatic rings. The zero-order valence-electron chi connectivity index (χ0n) is 39.3. The lowest BCUT2D eigenvalue weighted by Gasteiger charge is -2.37. The van der Waals surface area contributed by atoms with E-state index in [-0.39, 0.29) is 85.1 Å². The number of ether oxygens (including phenoxy) is 5. The quantitative estimate of drug-likeness (QED) is 0.156. The van der Waals surface area contributed by atoms with Crippen LogP contribution in [0.5, 0.6) is 28.7 Å². The molecule has 400 valence electrons. The second-order valence-electron chi connectivity index (χ2n) is 16.0. The maximum absolute atomic E-state index is 14.4. The van der Waals surface area contributed by atoms with Crippen molar-refractivity contribution >= 4 is 116 Å². The van der Waals surface area contributed by atoms with E-state index in [0.717, 1.165) is 0 Å². The summed E-state index contributed by atoms with van der Waals surface area (Å²) >= 11 is 28.9. The second-order valence-corrected chi connectivity index (χ2v) is 18.0. The predicted octanol–water partition coefficient (Wildman–Crippen LogP) is 7.10. The van der Waals surface area contributed by atoms with E-state index in [4.69, 9.17) is 81.7 Å². The Morgan fingerprint density at radius 2 is 1.12 bits per heavy atom. The highest BCUT2D eigenvalue weighted by atomic mass is 35.5.